The minimum atomic E-state index is 0.124. The molecule has 0 aromatic heterocycles. The van der Waals surface area contributed by atoms with Crippen LogP contribution < -0.4 is 10.6 Å². The van der Waals surface area contributed by atoms with Crippen LogP contribution >= 0.6 is 11.8 Å². The second-order valence-electron chi connectivity index (χ2n) is 3.31. The molecule has 4 heteroatoms. The summed E-state index contributed by atoms with van der Waals surface area (Å²) in [6, 6.07) is 0. The molecule has 0 radical (unpaired) electrons. The zero-order valence-corrected chi connectivity index (χ0v) is 8.95. The van der Waals surface area contributed by atoms with Gasteiger partial charge in [-0.05, 0) is 30.4 Å². The molecule has 0 spiro atoms. The lowest BCUT2D eigenvalue weighted by Crippen LogP contribution is -2.36. The Morgan fingerprint density at radius 2 is 2.46 bits per heavy atom. The van der Waals surface area contributed by atoms with Crippen LogP contribution in [0.4, 0.5) is 0 Å². The maximum Gasteiger partial charge on any atom is 0.233 e. The first-order valence-corrected chi connectivity index (χ1v) is 6.03. The van der Waals surface area contributed by atoms with Gasteiger partial charge in [-0.2, -0.15) is 11.8 Å². The number of hydrogen-bond donors (Lipinski definition) is 2. The summed E-state index contributed by atoms with van der Waals surface area (Å²) >= 11 is 1.98. The highest BCUT2D eigenvalue weighted by Crippen LogP contribution is 2.22. The second kappa shape index (κ2) is 6.27. The number of likely N-dealkylation sites (N-methyl/N-ethyl adjacent to an activating group) is 1. The van der Waals surface area contributed by atoms with Crippen molar-refractivity contribution in [2.24, 2.45) is 5.92 Å². The topological polar surface area (TPSA) is 41.1 Å². The second-order valence-corrected chi connectivity index (χ2v) is 4.46. The van der Waals surface area contributed by atoms with Gasteiger partial charge >= 0.3 is 0 Å². The molecule has 76 valence electrons. The molecule has 0 aromatic rings. The molecule has 1 saturated heterocycles. The molecule has 1 heterocycles. The Labute approximate surface area is 84.0 Å². The Kier molecular flexibility index (Phi) is 5.23. The van der Waals surface area contributed by atoms with Crippen LogP contribution in [0.2, 0.25) is 0 Å². The fourth-order valence-corrected chi connectivity index (χ4v) is 2.59. The van der Waals surface area contributed by atoms with E-state index in [0.717, 1.165) is 13.1 Å². The SMILES string of the molecule is CCNCC(=O)NCC1CCSC1. The van der Waals surface area contributed by atoms with Gasteiger partial charge in [-0.25, -0.2) is 0 Å². The van der Waals surface area contributed by atoms with E-state index in [4.69, 9.17) is 0 Å². The van der Waals surface area contributed by atoms with Crippen LogP contribution in [-0.4, -0.2) is 37.0 Å². The number of amides is 1. The molecule has 1 amide bonds. The van der Waals surface area contributed by atoms with Crippen LogP contribution in [-0.2, 0) is 4.79 Å². The summed E-state index contributed by atoms with van der Waals surface area (Å²) in [6.45, 7) is 4.17. The van der Waals surface area contributed by atoms with Crippen molar-refractivity contribution in [2.45, 2.75) is 13.3 Å². The van der Waals surface area contributed by atoms with Gasteiger partial charge in [0.15, 0.2) is 0 Å². The van der Waals surface area contributed by atoms with Crippen LogP contribution in [0.25, 0.3) is 0 Å². The van der Waals surface area contributed by atoms with Crippen molar-refractivity contribution in [3.05, 3.63) is 0 Å². The molecular weight excluding hydrogens is 184 g/mol. The Morgan fingerprint density at radius 3 is 3.08 bits per heavy atom. The minimum absolute atomic E-state index is 0.124. The summed E-state index contributed by atoms with van der Waals surface area (Å²) in [5.74, 6) is 3.30. The van der Waals surface area contributed by atoms with E-state index in [9.17, 15) is 4.79 Å². The number of carbonyl (C=O) groups excluding carboxylic acids is 1. The molecule has 1 aliphatic heterocycles. The highest BCUT2D eigenvalue weighted by Gasteiger charge is 2.15. The van der Waals surface area contributed by atoms with Crippen LogP contribution in [0.3, 0.4) is 0 Å². The summed E-state index contributed by atoms with van der Waals surface area (Å²) < 4.78 is 0. The van der Waals surface area contributed by atoms with Gasteiger partial charge in [-0.15, -0.1) is 0 Å². The quantitative estimate of drug-likeness (QED) is 0.681. The highest BCUT2D eigenvalue weighted by atomic mass is 32.2. The summed E-state index contributed by atoms with van der Waals surface area (Å²) in [7, 11) is 0. The molecular formula is C9H18N2OS. The highest BCUT2D eigenvalue weighted by molar-refractivity contribution is 7.99. The average Bonchev–Trinajstić information content (AvgIpc) is 2.64. The molecule has 0 aromatic carbocycles. The van der Waals surface area contributed by atoms with Gasteiger partial charge in [0, 0.05) is 6.54 Å². The number of carbonyl (C=O) groups is 1. The molecule has 1 rings (SSSR count). The first kappa shape index (κ1) is 10.9. The van der Waals surface area contributed by atoms with E-state index in [-0.39, 0.29) is 5.91 Å². The fraction of sp³-hybridized carbons (Fsp3) is 0.889. The van der Waals surface area contributed by atoms with E-state index >= 15 is 0 Å². The first-order valence-electron chi connectivity index (χ1n) is 4.88. The Balaban J connectivity index is 2.00. The lowest BCUT2D eigenvalue weighted by Gasteiger charge is -2.09. The van der Waals surface area contributed by atoms with Crippen molar-refractivity contribution in [2.75, 3.05) is 31.1 Å². The minimum Gasteiger partial charge on any atom is -0.355 e. The summed E-state index contributed by atoms with van der Waals surface area (Å²) in [6.07, 6.45) is 1.26. The van der Waals surface area contributed by atoms with Gasteiger partial charge in [0.25, 0.3) is 0 Å². The predicted octanol–water partition coefficient (Wildman–Crippen LogP) is 0.465. The van der Waals surface area contributed by atoms with Crippen molar-refractivity contribution in [1.29, 1.82) is 0 Å². The third-order valence-corrected chi connectivity index (χ3v) is 3.38. The lowest BCUT2D eigenvalue weighted by molar-refractivity contribution is -0.120. The summed E-state index contributed by atoms with van der Waals surface area (Å²) in [5, 5.41) is 5.95. The van der Waals surface area contributed by atoms with E-state index in [1.807, 2.05) is 18.7 Å². The van der Waals surface area contributed by atoms with E-state index in [1.165, 1.54) is 17.9 Å². The van der Waals surface area contributed by atoms with E-state index in [0.29, 0.717) is 12.5 Å². The summed E-state index contributed by atoms with van der Waals surface area (Å²) in [4.78, 5) is 11.2. The predicted molar refractivity (Wildman–Crippen MR) is 57.0 cm³/mol. The molecule has 0 saturated carbocycles. The van der Waals surface area contributed by atoms with Crippen molar-refractivity contribution < 1.29 is 4.79 Å². The van der Waals surface area contributed by atoms with E-state index in [2.05, 4.69) is 10.6 Å². The Bertz CT molecular complexity index is 158. The number of nitrogens with one attached hydrogen (secondary N) is 2. The van der Waals surface area contributed by atoms with Crippen molar-refractivity contribution in [3.8, 4) is 0 Å². The molecule has 2 N–H and O–H groups in total. The zero-order chi connectivity index (χ0) is 9.52. The number of hydrogen-bond acceptors (Lipinski definition) is 3. The fourth-order valence-electron chi connectivity index (χ4n) is 1.30. The number of thioether (sulfide) groups is 1. The van der Waals surface area contributed by atoms with Gasteiger partial charge in [0.1, 0.15) is 0 Å². The van der Waals surface area contributed by atoms with Gasteiger partial charge < -0.3 is 10.6 Å². The van der Waals surface area contributed by atoms with E-state index < -0.39 is 0 Å². The van der Waals surface area contributed by atoms with Gasteiger partial charge in [0.2, 0.25) is 5.91 Å². The summed E-state index contributed by atoms with van der Waals surface area (Å²) in [5.41, 5.74) is 0. The first-order chi connectivity index (χ1) is 6.33. The molecule has 1 atom stereocenters. The molecule has 1 unspecified atom stereocenters. The Morgan fingerprint density at radius 1 is 1.62 bits per heavy atom. The third kappa shape index (κ3) is 4.52. The largest absolute Gasteiger partial charge is 0.355 e. The van der Waals surface area contributed by atoms with Crippen molar-refractivity contribution in [3.63, 3.8) is 0 Å². The van der Waals surface area contributed by atoms with Crippen LogP contribution in [0.1, 0.15) is 13.3 Å². The maximum atomic E-state index is 11.2. The maximum absolute atomic E-state index is 11.2. The molecule has 0 bridgehead atoms. The van der Waals surface area contributed by atoms with E-state index in [1.54, 1.807) is 0 Å². The van der Waals surface area contributed by atoms with Gasteiger partial charge in [-0.1, -0.05) is 6.92 Å². The average molecular weight is 202 g/mol. The van der Waals surface area contributed by atoms with Crippen LogP contribution in [0, 0.1) is 5.92 Å². The van der Waals surface area contributed by atoms with Gasteiger partial charge in [0.05, 0.1) is 6.54 Å². The zero-order valence-electron chi connectivity index (χ0n) is 8.14. The Hall–Kier alpha value is -0.220. The molecule has 1 fully saturated rings. The van der Waals surface area contributed by atoms with Gasteiger partial charge in [-0.3, -0.25) is 4.79 Å². The molecule has 13 heavy (non-hydrogen) atoms. The molecule has 0 aliphatic carbocycles. The standard InChI is InChI=1S/C9H18N2OS/c1-2-10-6-9(12)11-5-8-3-4-13-7-8/h8,10H,2-7H2,1H3,(H,11,12). The smallest absolute Gasteiger partial charge is 0.233 e. The van der Waals surface area contributed by atoms with Crippen LogP contribution in [0.15, 0.2) is 0 Å². The lowest BCUT2D eigenvalue weighted by atomic mass is 10.1. The van der Waals surface area contributed by atoms with Crippen molar-refractivity contribution in [1.82, 2.24) is 10.6 Å². The molecule has 3 nitrogen and oxygen atoms in total. The van der Waals surface area contributed by atoms with Crippen LogP contribution in [0.5, 0.6) is 0 Å². The molecule has 1 aliphatic rings. The van der Waals surface area contributed by atoms with Crippen molar-refractivity contribution >= 4 is 17.7 Å². The monoisotopic (exact) mass is 202 g/mol. The normalized spacial score (nSPS) is 21.8. The number of rotatable bonds is 5. The third-order valence-electron chi connectivity index (χ3n) is 2.15.